The van der Waals surface area contributed by atoms with Crippen LogP contribution in [0.15, 0.2) is 0 Å². The molecule has 1 atom stereocenters. The van der Waals surface area contributed by atoms with Gasteiger partial charge in [0.25, 0.3) is 0 Å². The van der Waals surface area contributed by atoms with Crippen LogP contribution in [0.4, 0.5) is 4.79 Å². The van der Waals surface area contributed by atoms with E-state index in [2.05, 4.69) is 0 Å². The summed E-state index contributed by atoms with van der Waals surface area (Å²) < 4.78 is -0.534. The summed E-state index contributed by atoms with van der Waals surface area (Å²) in [6.07, 6.45) is 0. The average Bonchev–Trinajstić information content (AvgIpc) is 1.38. The summed E-state index contributed by atoms with van der Waals surface area (Å²) >= 11 is 0.124. The van der Waals surface area contributed by atoms with Gasteiger partial charge in [0.1, 0.15) is 0 Å². The summed E-state index contributed by atoms with van der Waals surface area (Å²) in [7, 11) is 0. The van der Waals surface area contributed by atoms with E-state index in [1.807, 2.05) is 0 Å². The Kier molecular flexibility index (Phi) is 12.1. The van der Waals surface area contributed by atoms with E-state index in [1.165, 1.54) is 0 Å². The molecule has 0 heterocycles. The third kappa shape index (κ3) is 9.24. The second-order valence-electron chi connectivity index (χ2n) is 0.482. The topological polar surface area (TPSA) is 37.3 Å². The molecular formula is CH5AsHgO2Sb. The monoisotopic (exact) mass is 447 g/mol. The van der Waals surface area contributed by atoms with E-state index in [4.69, 9.17) is 5.11 Å². The van der Waals surface area contributed by atoms with Crippen LogP contribution < -0.4 is 0 Å². The van der Waals surface area contributed by atoms with Crippen molar-refractivity contribution >= 4 is 40.8 Å². The predicted octanol–water partition coefficient (Wildman–Crippen LogP) is -1.62. The number of carbonyl (C=O) groups is 1. The molecule has 0 spiro atoms. The Hall–Kier alpha value is 1.78. The second kappa shape index (κ2) is 6.78. The number of rotatable bonds is 1. The van der Waals surface area contributed by atoms with Gasteiger partial charge in [0.15, 0.2) is 0 Å². The first-order valence-electron chi connectivity index (χ1n) is 1.03. The van der Waals surface area contributed by atoms with Gasteiger partial charge in [-0.25, -0.2) is 0 Å². The van der Waals surface area contributed by atoms with Gasteiger partial charge in [-0.2, -0.15) is 0 Å². The Morgan fingerprint density at radius 3 is 2.00 bits per heavy atom. The van der Waals surface area contributed by atoms with E-state index < -0.39 is 16.4 Å². The van der Waals surface area contributed by atoms with Gasteiger partial charge in [-0.05, 0) is 0 Å². The van der Waals surface area contributed by atoms with Crippen LogP contribution in [0.3, 0.4) is 0 Å². The van der Waals surface area contributed by atoms with E-state index in [0.29, 0.717) is 23.4 Å². The first-order valence-corrected chi connectivity index (χ1v) is 17.8. The van der Waals surface area contributed by atoms with Crippen molar-refractivity contribution in [3.8, 4) is 0 Å². The van der Waals surface area contributed by atoms with Crippen molar-refractivity contribution in [2.45, 2.75) is 0 Å². The fourth-order valence-corrected chi connectivity index (χ4v) is 0. The van der Waals surface area contributed by atoms with Crippen molar-refractivity contribution in [1.82, 2.24) is 0 Å². The molecular weight excluding hydrogens is 441 g/mol. The van der Waals surface area contributed by atoms with Crippen molar-refractivity contribution < 1.29 is 33.3 Å². The van der Waals surface area contributed by atoms with E-state index >= 15 is 0 Å². The Morgan fingerprint density at radius 2 is 2.00 bits per heavy atom. The van der Waals surface area contributed by atoms with Crippen molar-refractivity contribution in [3.05, 3.63) is 0 Å². The quantitative estimate of drug-likeness (QED) is 0.492. The van der Waals surface area contributed by atoms with Crippen molar-refractivity contribution in [1.29, 1.82) is 0 Å². The van der Waals surface area contributed by atoms with Crippen LogP contribution in [0.5, 0.6) is 0 Å². The molecule has 0 aliphatic rings. The fourth-order valence-electron chi connectivity index (χ4n) is 0. The molecule has 0 amide bonds. The molecule has 0 saturated heterocycles. The summed E-state index contributed by atoms with van der Waals surface area (Å²) in [5, 5.41) is 7.83. The zero-order chi connectivity index (χ0) is 4.28. The van der Waals surface area contributed by atoms with E-state index in [-0.39, 0.29) is 24.4 Å². The predicted molar refractivity (Wildman–Crippen MR) is 25.1 cm³/mol. The van der Waals surface area contributed by atoms with Crippen LogP contribution in [0, 0.1) is 0 Å². The van der Waals surface area contributed by atoms with Gasteiger partial charge in [-0.15, -0.1) is 0 Å². The molecule has 0 fully saturated rings. The van der Waals surface area contributed by atoms with Gasteiger partial charge in [-0.1, -0.05) is 0 Å². The van der Waals surface area contributed by atoms with Crippen LogP contribution in [0.2, 0.25) is 0 Å². The van der Waals surface area contributed by atoms with Gasteiger partial charge in [0.05, 0.1) is 0 Å². The molecule has 33 valence electrons. The molecule has 0 saturated carbocycles. The molecule has 0 aromatic heterocycles. The van der Waals surface area contributed by atoms with Crippen molar-refractivity contribution in [2.24, 2.45) is 0 Å². The van der Waals surface area contributed by atoms with Crippen molar-refractivity contribution in [3.63, 3.8) is 0 Å². The third-order valence-corrected chi connectivity index (χ3v) is 6.90. The molecule has 6 heavy (non-hydrogen) atoms. The minimum absolute atomic E-state index is 0. The number of hydrogen-bond acceptors (Lipinski definition) is 1. The summed E-state index contributed by atoms with van der Waals surface area (Å²) in [5.41, 5.74) is 0. The van der Waals surface area contributed by atoms with Crippen LogP contribution in [0.25, 0.3) is 0 Å². The molecule has 1 N–H and O–H groups in total. The summed E-state index contributed by atoms with van der Waals surface area (Å²) in [5.74, 6) is 0. The van der Waals surface area contributed by atoms with Crippen LogP contribution in [-0.2, 0) is 23.4 Å². The van der Waals surface area contributed by atoms with Gasteiger partial charge >= 0.3 is 74.1 Å². The Bertz CT molecular complexity index is 48.8. The fraction of sp³-hybridized carbons (Fsp3) is 0. The van der Waals surface area contributed by atoms with Crippen LogP contribution in [-0.4, -0.2) is 45.9 Å². The molecule has 0 aromatic carbocycles. The summed E-state index contributed by atoms with van der Waals surface area (Å²) in [6, 6.07) is 0. The first kappa shape index (κ1) is 10.7. The Morgan fingerprint density at radius 1 is 1.83 bits per heavy atom. The minimum atomic E-state index is -0.534. The molecule has 0 radical (unpaired) electrons. The average molecular weight is 446 g/mol. The molecule has 0 aliphatic heterocycles. The van der Waals surface area contributed by atoms with Crippen molar-refractivity contribution in [2.75, 3.05) is 0 Å². The molecule has 0 rings (SSSR count). The van der Waals surface area contributed by atoms with Gasteiger partial charge in [-0.3, -0.25) is 0 Å². The Labute approximate surface area is 73.0 Å². The van der Waals surface area contributed by atoms with E-state index in [9.17, 15) is 4.79 Å². The molecule has 0 aromatic rings. The maximum atomic E-state index is 9.47. The second-order valence-corrected chi connectivity index (χ2v) is 9.26. The molecule has 5 heteroatoms. The number of hydrogen-bond donors (Lipinski definition) is 1. The van der Waals surface area contributed by atoms with E-state index in [1.54, 1.807) is 0 Å². The standard InChI is InChI=1S/CH2AsO2.Hg.Sb.3H/c2-1(3)4;;;;;/h2H,(H,3,4);;;;;/q-1;+1;;;;. The zero-order valence-electron chi connectivity index (χ0n) is 3.27. The van der Waals surface area contributed by atoms with Crippen LogP contribution >= 0.6 is 0 Å². The molecule has 0 bridgehead atoms. The summed E-state index contributed by atoms with van der Waals surface area (Å²) in [6.45, 7) is 0. The summed E-state index contributed by atoms with van der Waals surface area (Å²) in [4.78, 5) is 9.47. The zero-order valence-corrected chi connectivity index (χ0v) is 14.9. The van der Waals surface area contributed by atoms with Gasteiger partial charge in [0, 0.05) is 0 Å². The van der Waals surface area contributed by atoms with Gasteiger partial charge in [0.2, 0.25) is 0 Å². The number of carboxylic acid groups (broad SMARTS) is 1. The normalized spacial score (nSPS) is 8.33. The Balaban J connectivity index is 0. The third-order valence-electron chi connectivity index (χ3n) is 0.151. The SMILES string of the molecule is O=C(O)[AsH][Hg].[SbH3]. The first-order chi connectivity index (χ1) is 2.27. The van der Waals surface area contributed by atoms with E-state index in [0.717, 1.165) is 0 Å². The molecule has 2 nitrogen and oxygen atoms in total. The molecule has 0 aliphatic carbocycles. The molecule has 1 unspecified atom stereocenters. The van der Waals surface area contributed by atoms with Gasteiger partial charge < -0.3 is 0 Å². The van der Waals surface area contributed by atoms with Crippen LogP contribution in [0.1, 0.15) is 0 Å². The maximum absolute atomic E-state index is 9.47.